The molecule has 2 N–H and O–H groups in total. The summed E-state index contributed by atoms with van der Waals surface area (Å²) in [4.78, 5) is 4.29. The van der Waals surface area contributed by atoms with E-state index in [9.17, 15) is 0 Å². The van der Waals surface area contributed by atoms with E-state index in [0.29, 0.717) is 24.9 Å². The van der Waals surface area contributed by atoms with Crippen molar-refractivity contribution in [2.24, 2.45) is 5.73 Å². The third-order valence-corrected chi connectivity index (χ3v) is 4.02. The van der Waals surface area contributed by atoms with Crippen molar-refractivity contribution in [1.29, 1.82) is 0 Å². The Labute approximate surface area is 123 Å². The fraction of sp³-hybridized carbons (Fsp3) is 0.455. The molecule has 18 heavy (non-hydrogen) atoms. The van der Waals surface area contributed by atoms with E-state index < -0.39 is 0 Å². The molecule has 2 aromatic rings. The number of rotatable bonds is 6. The normalized spacial score (nSPS) is 12.8. The first-order chi connectivity index (χ1) is 8.70. The Morgan fingerprint density at radius 3 is 3.11 bits per heavy atom. The zero-order valence-electron chi connectivity index (χ0n) is 9.93. The summed E-state index contributed by atoms with van der Waals surface area (Å²) in [5, 5.41) is 5.88. The number of nitrogens with zero attached hydrogens (tertiary/aromatic N) is 2. The van der Waals surface area contributed by atoms with Crippen LogP contribution >= 0.6 is 33.9 Å². The number of ether oxygens (including phenoxy) is 1. The molecule has 7 heteroatoms. The molecule has 0 amide bonds. The average molecular weight is 379 g/mol. The van der Waals surface area contributed by atoms with E-state index in [1.54, 1.807) is 11.3 Å². The van der Waals surface area contributed by atoms with E-state index in [0.717, 1.165) is 12.0 Å². The predicted octanol–water partition coefficient (Wildman–Crippen LogP) is 2.83. The van der Waals surface area contributed by atoms with Gasteiger partial charge in [-0.1, -0.05) is 12.1 Å². The Hall–Kier alpha value is -0.510. The average Bonchev–Trinajstić information content (AvgIpc) is 2.97. The zero-order chi connectivity index (χ0) is 13.0. The van der Waals surface area contributed by atoms with Crippen LogP contribution in [-0.4, -0.2) is 23.4 Å². The molecular weight excluding hydrogens is 365 g/mol. The minimum atomic E-state index is -0.341. The molecule has 1 atom stereocenters. The summed E-state index contributed by atoms with van der Waals surface area (Å²) in [6.45, 7) is 3.16. The van der Waals surface area contributed by atoms with Gasteiger partial charge in [-0.2, -0.15) is 4.98 Å². The molecule has 0 aliphatic rings. The Kier molecular flexibility index (Phi) is 5.10. The highest BCUT2D eigenvalue weighted by Crippen LogP contribution is 2.25. The van der Waals surface area contributed by atoms with E-state index in [1.807, 2.05) is 11.4 Å². The number of halogens is 1. The Bertz CT molecular complexity index is 500. The van der Waals surface area contributed by atoms with Crippen LogP contribution in [0, 0.1) is 2.88 Å². The standard InChI is InChI=1S/C11H14IN3O2S/c1-2-3-16-5-8(13)10-14-11(17-15-10)7-4-9(12)18-6-7/h4,6,8H,2-3,5,13H2,1H3. The van der Waals surface area contributed by atoms with Crippen molar-refractivity contribution >= 4 is 33.9 Å². The summed E-state index contributed by atoms with van der Waals surface area (Å²) >= 11 is 3.89. The van der Waals surface area contributed by atoms with Crippen molar-refractivity contribution in [3.05, 3.63) is 20.2 Å². The Balaban J connectivity index is 2.01. The molecule has 0 radical (unpaired) electrons. The van der Waals surface area contributed by atoms with Crippen LogP contribution < -0.4 is 5.73 Å². The van der Waals surface area contributed by atoms with E-state index in [-0.39, 0.29) is 6.04 Å². The van der Waals surface area contributed by atoms with Crippen LogP contribution in [0.2, 0.25) is 0 Å². The minimum Gasteiger partial charge on any atom is -0.379 e. The number of nitrogens with two attached hydrogens (primary N) is 1. The van der Waals surface area contributed by atoms with E-state index in [2.05, 4.69) is 39.7 Å². The van der Waals surface area contributed by atoms with Crippen LogP contribution in [0.25, 0.3) is 11.5 Å². The van der Waals surface area contributed by atoms with E-state index in [1.165, 1.54) is 2.88 Å². The van der Waals surface area contributed by atoms with Gasteiger partial charge in [0, 0.05) is 12.0 Å². The highest BCUT2D eigenvalue weighted by atomic mass is 127. The summed E-state index contributed by atoms with van der Waals surface area (Å²) in [5.41, 5.74) is 6.86. The summed E-state index contributed by atoms with van der Waals surface area (Å²) in [7, 11) is 0. The smallest absolute Gasteiger partial charge is 0.258 e. The van der Waals surface area contributed by atoms with E-state index in [4.69, 9.17) is 15.0 Å². The number of hydrogen-bond donors (Lipinski definition) is 1. The zero-order valence-corrected chi connectivity index (χ0v) is 12.9. The van der Waals surface area contributed by atoms with Gasteiger partial charge < -0.3 is 15.0 Å². The van der Waals surface area contributed by atoms with Gasteiger partial charge in [0.05, 0.1) is 21.1 Å². The Morgan fingerprint density at radius 2 is 2.44 bits per heavy atom. The molecule has 0 aliphatic carbocycles. The van der Waals surface area contributed by atoms with Gasteiger partial charge in [-0.15, -0.1) is 11.3 Å². The molecule has 0 fully saturated rings. The molecule has 0 bridgehead atoms. The molecule has 0 saturated carbocycles. The second kappa shape index (κ2) is 6.60. The van der Waals surface area contributed by atoms with Crippen molar-refractivity contribution in [3.8, 4) is 11.5 Å². The first-order valence-corrected chi connectivity index (χ1v) is 7.58. The van der Waals surface area contributed by atoms with Crippen molar-refractivity contribution in [1.82, 2.24) is 10.1 Å². The quantitative estimate of drug-likeness (QED) is 0.617. The molecule has 0 saturated heterocycles. The molecule has 98 valence electrons. The molecule has 0 aliphatic heterocycles. The number of hydrogen-bond acceptors (Lipinski definition) is 6. The van der Waals surface area contributed by atoms with Crippen LogP contribution in [0.5, 0.6) is 0 Å². The van der Waals surface area contributed by atoms with Crippen molar-refractivity contribution < 1.29 is 9.26 Å². The van der Waals surface area contributed by atoms with Gasteiger partial charge in [-0.3, -0.25) is 0 Å². The van der Waals surface area contributed by atoms with Gasteiger partial charge in [-0.25, -0.2) is 0 Å². The first kappa shape index (κ1) is 13.9. The van der Waals surface area contributed by atoms with Crippen molar-refractivity contribution in [3.63, 3.8) is 0 Å². The summed E-state index contributed by atoms with van der Waals surface area (Å²) in [5.74, 6) is 0.998. The van der Waals surface area contributed by atoms with Crippen molar-refractivity contribution in [2.75, 3.05) is 13.2 Å². The molecule has 2 heterocycles. The highest BCUT2D eigenvalue weighted by Gasteiger charge is 2.16. The second-order valence-corrected chi connectivity index (χ2v) is 6.58. The molecule has 1 unspecified atom stereocenters. The molecule has 0 spiro atoms. The first-order valence-electron chi connectivity index (χ1n) is 5.62. The number of thiophene rings is 1. The van der Waals surface area contributed by atoms with Crippen LogP contribution in [-0.2, 0) is 4.74 Å². The lowest BCUT2D eigenvalue weighted by molar-refractivity contribution is 0.119. The molecule has 2 aromatic heterocycles. The van der Waals surface area contributed by atoms with E-state index >= 15 is 0 Å². The maximum absolute atomic E-state index is 5.92. The minimum absolute atomic E-state index is 0.341. The summed E-state index contributed by atoms with van der Waals surface area (Å²) in [6.07, 6.45) is 0.970. The van der Waals surface area contributed by atoms with Crippen LogP contribution in [0.15, 0.2) is 16.0 Å². The SMILES string of the molecule is CCCOCC(N)c1noc(-c2csc(I)c2)n1. The molecular formula is C11H14IN3O2S. The van der Waals surface area contributed by atoms with Gasteiger partial charge in [0.1, 0.15) is 0 Å². The van der Waals surface area contributed by atoms with Gasteiger partial charge in [0.25, 0.3) is 5.89 Å². The van der Waals surface area contributed by atoms with Crippen LogP contribution in [0.1, 0.15) is 25.2 Å². The monoisotopic (exact) mass is 379 g/mol. The molecule has 0 aromatic carbocycles. The maximum atomic E-state index is 5.92. The lowest BCUT2D eigenvalue weighted by Gasteiger charge is -2.06. The highest BCUT2D eigenvalue weighted by molar-refractivity contribution is 14.1. The van der Waals surface area contributed by atoms with Gasteiger partial charge >= 0.3 is 0 Å². The lowest BCUT2D eigenvalue weighted by Crippen LogP contribution is -2.18. The van der Waals surface area contributed by atoms with Gasteiger partial charge in [0.2, 0.25) is 0 Å². The van der Waals surface area contributed by atoms with Gasteiger partial charge in [-0.05, 0) is 35.1 Å². The van der Waals surface area contributed by atoms with Crippen LogP contribution in [0.4, 0.5) is 0 Å². The predicted molar refractivity (Wildman–Crippen MR) is 78.4 cm³/mol. The van der Waals surface area contributed by atoms with Crippen LogP contribution in [0.3, 0.4) is 0 Å². The third-order valence-electron chi connectivity index (χ3n) is 2.23. The Morgan fingerprint density at radius 1 is 1.61 bits per heavy atom. The van der Waals surface area contributed by atoms with Gasteiger partial charge in [0.15, 0.2) is 5.82 Å². The summed E-state index contributed by atoms with van der Waals surface area (Å²) < 4.78 is 11.7. The fourth-order valence-corrected chi connectivity index (χ4v) is 2.67. The lowest BCUT2D eigenvalue weighted by atomic mass is 10.3. The molecule has 5 nitrogen and oxygen atoms in total. The van der Waals surface area contributed by atoms with Crippen molar-refractivity contribution in [2.45, 2.75) is 19.4 Å². The topological polar surface area (TPSA) is 74.2 Å². The summed E-state index contributed by atoms with van der Waals surface area (Å²) in [6, 6.07) is 1.66. The largest absolute Gasteiger partial charge is 0.379 e. The second-order valence-electron chi connectivity index (χ2n) is 3.78. The molecule has 2 rings (SSSR count). The third kappa shape index (κ3) is 3.50. The number of aromatic nitrogens is 2. The maximum Gasteiger partial charge on any atom is 0.258 e. The fourth-order valence-electron chi connectivity index (χ4n) is 1.35.